The number of amides is 1. The highest BCUT2D eigenvalue weighted by atomic mass is 35.5. The molecule has 0 aliphatic heterocycles. The number of halogens is 1. The molecule has 7 nitrogen and oxygen atoms in total. The number of aryl methyl sites for hydroxylation is 1. The first kappa shape index (κ1) is 18.7. The summed E-state index contributed by atoms with van der Waals surface area (Å²) in [6.07, 6.45) is 0. The molecule has 1 amide bonds. The van der Waals surface area contributed by atoms with Gasteiger partial charge in [-0.2, -0.15) is 4.98 Å². The first-order valence-corrected chi connectivity index (χ1v) is 8.55. The van der Waals surface area contributed by atoms with Crippen molar-refractivity contribution in [2.24, 2.45) is 0 Å². The SMILES string of the molecule is COc1ccc(-c2noc(CNC(=O)COc3ccc(Cl)c(C)c3)n2)cc1. The molecule has 8 heteroatoms. The average molecular weight is 388 g/mol. The summed E-state index contributed by atoms with van der Waals surface area (Å²) in [5.41, 5.74) is 1.67. The van der Waals surface area contributed by atoms with Crippen molar-refractivity contribution < 1.29 is 18.8 Å². The van der Waals surface area contributed by atoms with Crippen LogP contribution in [0, 0.1) is 6.92 Å². The molecular weight excluding hydrogens is 370 g/mol. The van der Waals surface area contributed by atoms with Gasteiger partial charge in [-0.05, 0) is 55.0 Å². The van der Waals surface area contributed by atoms with Crippen molar-refractivity contribution in [1.82, 2.24) is 15.5 Å². The maximum atomic E-state index is 11.9. The van der Waals surface area contributed by atoms with Gasteiger partial charge in [0.25, 0.3) is 5.91 Å². The van der Waals surface area contributed by atoms with Crippen LogP contribution in [0.2, 0.25) is 5.02 Å². The summed E-state index contributed by atoms with van der Waals surface area (Å²) in [5, 5.41) is 7.23. The van der Waals surface area contributed by atoms with Crippen molar-refractivity contribution in [3.05, 3.63) is 58.9 Å². The summed E-state index contributed by atoms with van der Waals surface area (Å²) in [5.74, 6) is 1.76. The lowest BCUT2D eigenvalue weighted by Crippen LogP contribution is -2.28. The summed E-state index contributed by atoms with van der Waals surface area (Å²) in [7, 11) is 1.60. The number of carbonyl (C=O) groups excluding carboxylic acids is 1. The molecule has 0 radical (unpaired) electrons. The van der Waals surface area contributed by atoms with Crippen LogP contribution in [-0.4, -0.2) is 29.8 Å². The van der Waals surface area contributed by atoms with Gasteiger partial charge in [-0.25, -0.2) is 0 Å². The van der Waals surface area contributed by atoms with E-state index in [-0.39, 0.29) is 19.1 Å². The molecule has 0 spiro atoms. The number of ether oxygens (including phenoxy) is 2. The van der Waals surface area contributed by atoms with E-state index in [1.807, 2.05) is 31.2 Å². The van der Waals surface area contributed by atoms with E-state index in [9.17, 15) is 4.79 Å². The minimum absolute atomic E-state index is 0.116. The topological polar surface area (TPSA) is 86.5 Å². The van der Waals surface area contributed by atoms with Crippen molar-refractivity contribution >= 4 is 17.5 Å². The van der Waals surface area contributed by atoms with Gasteiger partial charge in [0.05, 0.1) is 13.7 Å². The van der Waals surface area contributed by atoms with Gasteiger partial charge >= 0.3 is 0 Å². The Labute approximate surface area is 161 Å². The molecule has 1 heterocycles. The fourth-order valence-corrected chi connectivity index (χ4v) is 2.38. The number of rotatable bonds is 7. The molecule has 0 unspecified atom stereocenters. The van der Waals surface area contributed by atoms with Crippen molar-refractivity contribution in [3.8, 4) is 22.9 Å². The summed E-state index contributed by atoms with van der Waals surface area (Å²) in [4.78, 5) is 16.2. The summed E-state index contributed by atoms with van der Waals surface area (Å²) >= 11 is 5.96. The van der Waals surface area contributed by atoms with E-state index < -0.39 is 0 Å². The van der Waals surface area contributed by atoms with Crippen LogP contribution >= 0.6 is 11.6 Å². The van der Waals surface area contributed by atoms with E-state index in [0.29, 0.717) is 22.5 Å². The van der Waals surface area contributed by atoms with E-state index in [4.69, 9.17) is 25.6 Å². The first-order valence-electron chi connectivity index (χ1n) is 8.18. The van der Waals surface area contributed by atoms with Crippen LogP contribution in [0.5, 0.6) is 11.5 Å². The maximum Gasteiger partial charge on any atom is 0.258 e. The fourth-order valence-electron chi connectivity index (χ4n) is 2.27. The molecule has 3 rings (SSSR count). The van der Waals surface area contributed by atoms with Crippen LogP contribution in [0.25, 0.3) is 11.4 Å². The van der Waals surface area contributed by atoms with Gasteiger partial charge in [-0.1, -0.05) is 16.8 Å². The maximum absolute atomic E-state index is 11.9. The van der Waals surface area contributed by atoms with E-state index in [1.54, 1.807) is 25.3 Å². The zero-order valence-corrected chi connectivity index (χ0v) is 15.6. The molecule has 0 aliphatic carbocycles. The zero-order chi connectivity index (χ0) is 19.2. The molecule has 0 bridgehead atoms. The molecule has 2 aromatic carbocycles. The minimum Gasteiger partial charge on any atom is -0.497 e. The Bertz CT molecular complexity index is 925. The predicted octanol–water partition coefficient (Wildman–Crippen LogP) is 3.40. The number of benzene rings is 2. The molecule has 27 heavy (non-hydrogen) atoms. The summed E-state index contributed by atoms with van der Waals surface area (Å²) in [6.45, 7) is 1.86. The Morgan fingerprint density at radius 1 is 1.19 bits per heavy atom. The van der Waals surface area contributed by atoms with Crippen molar-refractivity contribution in [3.63, 3.8) is 0 Å². The molecule has 0 fully saturated rings. The molecule has 1 N–H and O–H groups in total. The van der Waals surface area contributed by atoms with E-state index in [1.165, 1.54) is 0 Å². The standard InChI is InChI=1S/C19H18ClN3O4/c1-12-9-15(7-8-16(12)20)26-11-17(24)21-10-18-22-19(23-27-18)13-3-5-14(25-2)6-4-13/h3-9H,10-11H2,1-2H3,(H,21,24). The van der Waals surface area contributed by atoms with E-state index >= 15 is 0 Å². The van der Waals surface area contributed by atoms with Crippen LogP contribution < -0.4 is 14.8 Å². The smallest absolute Gasteiger partial charge is 0.258 e. The number of hydrogen-bond donors (Lipinski definition) is 1. The number of aromatic nitrogens is 2. The molecule has 0 saturated heterocycles. The average Bonchev–Trinajstić information content (AvgIpc) is 3.16. The van der Waals surface area contributed by atoms with Crippen LogP contribution in [0.3, 0.4) is 0 Å². The highest BCUT2D eigenvalue weighted by molar-refractivity contribution is 6.31. The first-order chi connectivity index (χ1) is 13.0. The van der Waals surface area contributed by atoms with Crippen LogP contribution in [0.1, 0.15) is 11.5 Å². The van der Waals surface area contributed by atoms with Crippen molar-refractivity contribution in [1.29, 1.82) is 0 Å². The Balaban J connectivity index is 1.50. The quantitative estimate of drug-likeness (QED) is 0.668. The van der Waals surface area contributed by atoms with Gasteiger partial charge in [0.2, 0.25) is 11.7 Å². The normalized spacial score (nSPS) is 10.5. The number of hydrogen-bond acceptors (Lipinski definition) is 6. The second kappa shape index (κ2) is 8.55. The van der Waals surface area contributed by atoms with Crippen molar-refractivity contribution in [2.75, 3.05) is 13.7 Å². The van der Waals surface area contributed by atoms with Gasteiger partial charge in [0, 0.05) is 10.6 Å². The molecule has 0 saturated carbocycles. The second-order valence-corrected chi connectivity index (χ2v) is 6.12. The van der Waals surface area contributed by atoms with Gasteiger partial charge in [0.1, 0.15) is 11.5 Å². The van der Waals surface area contributed by atoms with Crippen LogP contribution in [0.15, 0.2) is 47.0 Å². The predicted molar refractivity (Wildman–Crippen MR) is 99.8 cm³/mol. The number of nitrogens with zero attached hydrogens (tertiary/aromatic N) is 2. The lowest BCUT2D eigenvalue weighted by Gasteiger charge is -2.07. The Kier molecular flexibility index (Phi) is 5.93. The van der Waals surface area contributed by atoms with Crippen LogP contribution in [-0.2, 0) is 11.3 Å². The zero-order valence-electron chi connectivity index (χ0n) is 14.9. The number of carbonyl (C=O) groups is 1. The Morgan fingerprint density at radius 2 is 1.93 bits per heavy atom. The molecule has 140 valence electrons. The largest absolute Gasteiger partial charge is 0.497 e. The minimum atomic E-state index is -0.299. The molecule has 3 aromatic rings. The fraction of sp³-hybridized carbons (Fsp3) is 0.211. The van der Waals surface area contributed by atoms with Crippen molar-refractivity contribution in [2.45, 2.75) is 13.5 Å². The third-order valence-corrected chi connectivity index (χ3v) is 4.18. The Morgan fingerprint density at radius 3 is 2.63 bits per heavy atom. The van der Waals surface area contributed by atoms with Crippen LogP contribution in [0.4, 0.5) is 0 Å². The Hall–Kier alpha value is -3.06. The van der Waals surface area contributed by atoms with Gasteiger partial charge in [-0.15, -0.1) is 0 Å². The highest BCUT2D eigenvalue weighted by Gasteiger charge is 2.11. The molecule has 1 aromatic heterocycles. The van der Waals surface area contributed by atoms with E-state index in [2.05, 4.69) is 15.5 Å². The lowest BCUT2D eigenvalue weighted by molar-refractivity contribution is -0.123. The monoisotopic (exact) mass is 387 g/mol. The third kappa shape index (κ3) is 4.98. The second-order valence-electron chi connectivity index (χ2n) is 5.72. The molecule has 0 atom stereocenters. The van der Waals surface area contributed by atoms with Gasteiger partial charge in [0.15, 0.2) is 6.61 Å². The number of nitrogens with one attached hydrogen (secondary N) is 1. The van der Waals surface area contributed by atoms with Gasteiger partial charge < -0.3 is 19.3 Å². The highest BCUT2D eigenvalue weighted by Crippen LogP contribution is 2.21. The molecular formula is C19H18ClN3O4. The lowest BCUT2D eigenvalue weighted by atomic mass is 10.2. The van der Waals surface area contributed by atoms with Gasteiger partial charge in [-0.3, -0.25) is 4.79 Å². The summed E-state index contributed by atoms with van der Waals surface area (Å²) < 4.78 is 15.7. The third-order valence-electron chi connectivity index (χ3n) is 3.75. The number of methoxy groups -OCH3 is 1. The van der Waals surface area contributed by atoms with E-state index in [0.717, 1.165) is 16.9 Å². The molecule has 0 aliphatic rings. The summed E-state index contributed by atoms with van der Waals surface area (Å²) in [6, 6.07) is 12.5.